The zero-order valence-electron chi connectivity index (χ0n) is 18.0. The zero-order valence-corrected chi connectivity index (χ0v) is 18.8. The second kappa shape index (κ2) is 10.8. The van der Waals surface area contributed by atoms with Crippen molar-refractivity contribution >= 4 is 40.8 Å². The van der Waals surface area contributed by atoms with Crippen molar-refractivity contribution in [2.45, 2.75) is 37.6 Å². The number of para-hydroxylation sites is 1. The smallest absolute Gasteiger partial charge is 0.340 e. The molecule has 34 heavy (non-hydrogen) atoms. The third kappa shape index (κ3) is 5.88. The van der Waals surface area contributed by atoms with E-state index in [1.54, 1.807) is 12.1 Å². The quantitative estimate of drug-likeness (QED) is 0.342. The summed E-state index contributed by atoms with van der Waals surface area (Å²) in [6.07, 6.45) is 3.76. The van der Waals surface area contributed by atoms with Gasteiger partial charge in [-0.2, -0.15) is 5.26 Å². The second-order valence-electron chi connectivity index (χ2n) is 7.80. The summed E-state index contributed by atoms with van der Waals surface area (Å²) in [6.45, 7) is -0.585. The van der Waals surface area contributed by atoms with Gasteiger partial charge in [0, 0.05) is 12.1 Å². The van der Waals surface area contributed by atoms with Crippen molar-refractivity contribution in [3.05, 3.63) is 68.7 Å². The molecule has 2 amide bonds. The summed E-state index contributed by atoms with van der Waals surface area (Å²) in [5.74, 6) is -2.13. The molecule has 176 valence electrons. The molecule has 0 aliphatic heterocycles. The number of nitrogens with zero attached hydrogens (tertiary/aromatic N) is 2. The third-order valence-corrected chi connectivity index (χ3v) is 5.75. The van der Waals surface area contributed by atoms with Crippen LogP contribution in [0.15, 0.2) is 42.5 Å². The predicted molar refractivity (Wildman–Crippen MR) is 122 cm³/mol. The third-order valence-electron chi connectivity index (χ3n) is 5.44. The van der Waals surface area contributed by atoms with Gasteiger partial charge in [0.2, 0.25) is 0 Å². The van der Waals surface area contributed by atoms with E-state index in [1.807, 2.05) is 0 Å². The van der Waals surface area contributed by atoms with Gasteiger partial charge >= 0.3 is 5.97 Å². The van der Waals surface area contributed by atoms with E-state index in [2.05, 4.69) is 16.7 Å². The molecule has 0 saturated heterocycles. The van der Waals surface area contributed by atoms with Crippen LogP contribution in [-0.2, 0) is 9.53 Å². The van der Waals surface area contributed by atoms with E-state index < -0.39 is 34.9 Å². The molecule has 0 bridgehead atoms. The fourth-order valence-corrected chi connectivity index (χ4v) is 3.95. The Labute approximate surface area is 200 Å². The van der Waals surface area contributed by atoms with Gasteiger partial charge in [0.25, 0.3) is 17.5 Å². The van der Waals surface area contributed by atoms with E-state index in [0.29, 0.717) is 12.8 Å². The molecule has 0 atom stereocenters. The summed E-state index contributed by atoms with van der Waals surface area (Å²) in [5, 5.41) is 25.4. The number of esters is 1. The van der Waals surface area contributed by atoms with Gasteiger partial charge in [-0.25, -0.2) is 4.79 Å². The van der Waals surface area contributed by atoms with Gasteiger partial charge in [-0.3, -0.25) is 19.7 Å². The molecule has 1 aliphatic rings. The first-order valence-corrected chi connectivity index (χ1v) is 10.9. The van der Waals surface area contributed by atoms with Crippen LogP contribution in [0, 0.1) is 21.4 Å². The lowest BCUT2D eigenvalue weighted by atomic mass is 9.83. The Balaban J connectivity index is 1.66. The normalized spacial score (nSPS) is 14.4. The molecular weight excluding hydrogens is 464 g/mol. The number of rotatable bonds is 7. The van der Waals surface area contributed by atoms with Gasteiger partial charge < -0.3 is 15.4 Å². The topological polar surface area (TPSA) is 151 Å². The number of benzene rings is 2. The maximum absolute atomic E-state index is 12.6. The first-order valence-electron chi connectivity index (χ1n) is 10.5. The number of carbonyl (C=O) groups excluding carboxylic acids is 3. The number of non-ortho nitro benzene ring substituents is 1. The van der Waals surface area contributed by atoms with Crippen molar-refractivity contribution in [1.29, 1.82) is 5.26 Å². The summed E-state index contributed by atoms with van der Waals surface area (Å²) < 4.78 is 5.10. The van der Waals surface area contributed by atoms with Crippen LogP contribution in [0.4, 0.5) is 11.4 Å². The van der Waals surface area contributed by atoms with E-state index in [1.165, 1.54) is 18.2 Å². The molecule has 0 aromatic heterocycles. The van der Waals surface area contributed by atoms with Crippen LogP contribution in [0.2, 0.25) is 5.02 Å². The van der Waals surface area contributed by atoms with Gasteiger partial charge in [0.15, 0.2) is 6.61 Å². The van der Waals surface area contributed by atoms with Crippen LogP contribution in [-0.4, -0.2) is 34.9 Å². The molecule has 11 heteroatoms. The van der Waals surface area contributed by atoms with Crippen LogP contribution >= 0.6 is 11.6 Å². The highest BCUT2D eigenvalue weighted by Crippen LogP contribution is 2.28. The van der Waals surface area contributed by atoms with E-state index in [-0.39, 0.29) is 27.5 Å². The molecule has 3 rings (SSSR count). The molecule has 0 heterocycles. The van der Waals surface area contributed by atoms with Crippen molar-refractivity contribution < 1.29 is 24.0 Å². The first-order chi connectivity index (χ1) is 16.2. The highest BCUT2D eigenvalue weighted by atomic mass is 35.5. The summed E-state index contributed by atoms with van der Waals surface area (Å²) in [4.78, 5) is 47.7. The van der Waals surface area contributed by atoms with Gasteiger partial charge in [-0.1, -0.05) is 43.0 Å². The number of anilines is 1. The lowest BCUT2D eigenvalue weighted by molar-refractivity contribution is -0.384. The van der Waals surface area contributed by atoms with Gasteiger partial charge in [-0.05, 0) is 31.0 Å². The lowest BCUT2D eigenvalue weighted by Crippen LogP contribution is -2.50. The van der Waals surface area contributed by atoms with Crippen molar-refractivity contribution in [2.24, 2.45) is 0 Å². The number of halogens is 1. The fraction of sp³-hybridized carbons (Fsp3) is 0.304. The number of amides is 2. The molecule has 1 aliphatic carbocycles. The molecular formula is C23H21ClN4O6. The van der Waals surface area contributed by atoms with Crippen LogP contribution in [0.1, 0.15) is 52.8 Å². The Kier molecular flexibility index (Phi) is 7.81. The van der Waals surface area contributed by atoms with E-state index >= 15 is 0 Å². The minimum Gasteiger partial charge on any atom is -0.452 e. The molecule has 2 aromatic rings. The lowest BCUT2D eigenvalue weighted by Gasteiger charge is -2.31. The van der Waals surface area contributed by atoms with E-state index in [4.69, 9.17) is 16.3 Å². The molecule has 2 N–H and O–H groups in total. The number of nitro benzene ring substituents is 1. The van der Waals surface area contributed by atoms with Crippen LogP contribution in [0.5, 0.6) is 0 Å². The summed E-state index contributed by atoms with van der Waals surface area (Å²) in [5.41, 5.74) is -1.14. The van der Waals surface area contributed by atoms with E-state index in [9.17, 15) is 29.8 Å². The fourth-order valence-electron chi connectivity index (χ4n) is 3.69. The van der Waals surface area contributed by atoms with Crippen LogP contribution in [0.25, 0.3) is 0 Å². The molecule has 1 saturated carbocycles. The van der Waals surface area contributed by atoms with Gasteiger partial charge in [0.1, 0.15) is 5.54 Å². The van der Waals surface area contributed by atoms with Crippen molar-refractivity contribution in [3.8, 4) is 6.07 Å². The maximum Gasteiger partial charge on any atom is 0.340 e. The number of nitro groups is 1. The Hall–Kier alpha value is -3.97. The standard InChI is InChI=1S/C23H21ClN4O6/c24-18-12-15(28(32)33)8-9-16(18)21(30)26-19-7-3-2-6-17(19)22(31)34-13-20(29)27-23(14-25)10-4-1-5-11-23/h2-3,6-9,12H,1,4-5,10-11,13H2,(H,26,30)(H,27,29). The number of hydrogen-bond donors (Lipinski definition) is 2. The maximum atomic E-state index is 12.6. The molecule has 0 unspecified atom stereocenters. The largest absolute Gasteiger partial charge is 0.452 e. The molecule has 10 nitrogen and oxygen atoms in total. The van der Waals surface area contributed by atoms with Crippen molar-refractivity contribution in [3.63, 3.8) is 0 Å². The molecule has 0 spiro atoms. The van der Waals surface area contributed by atoms with Crippen LogP contribution < -0.4 is 10.6 Å². The zero-order chi connectivity index (χ0) is 24.7. The summed E-state index contributed by atoms with van der Waals surface area (Å²) in [6, 6.07) is 11.6. The number of nitriles is 1. The predicted octanol–water partition coefficient (Wildman–Crippen LogP) is 4.00. The minimum absolute atomic E-state index is 0.00523. The molecule has 0 radical (unpaired) electrons. The SMILES string of the molecule is N#CC1(NC(=O)COC(=O)c2ccccc2NC(=O)c2ccc([N+](=O)[O-])cc2Cl)CCCCC1. The Bertz CT molecular complexity index is 1170. The van der Waals surface area contributed by atoms with Gasteiger partial charge in [0.05, 0.1) is 32.8 Å². The number of nitrogens with one attached hydrogen (secondary N) is 2. The Morgan fingerprint density at radius 3 is 2.47 bits per heavy atom. The van der Waals surface area contributed by atoms with Crippen molar-refractivity contribution in [1.82, 2.24) is 5.32 Å². The Morgan fingerprint density at radius 2 is 1.82 bits per heavy atom. The molecule has 1 fully saturated rings. The first kappa shape index (κ1) is 24.7. The Morgan fingerprint density at radius 1 is 1.12 bits per heavy atom. The number of ether oxygens (including phenoxy) is 1. The van der Waals surface area contributed by atoms with Crippen LogP contribution in [0.3, 0.4) is 0 Å². The summed E-state index contributed by atoms with van der Waals surface area (Å²) in [7, 11) is 0. The second-order valence-corrected chi connectivity index (χ2v) is 8.21. The van der Waals surface area contributed by atoms with Gasteiger partial charge in [-0.15, -0.1) is 0 Å². The average Bonchev–Trinajstić information content (AvgIpc) is 2.83. The molecule has 2 aromatic carbocycles. The summed E-state index contributed by atoms with van der Waals surface area (Å²) >= 11 is 6.00. The monoisotopic (exact) mass is 484 g/mol. The minimum atomic E-state index is -0.947. The highest BCUT2D eigenvalue weighted by Gasteiger charge is 2.33. The van der Waals surface area contributed by atoms with E-state index in [0.717, 1.165) is 31.4 Å². The number of carbonyl (C=O) groups is 3. The average molecular weight is 485 g/mol. The highest BCUT2D eigenvalue weighted by molar-refractivity contribution is 6.34. The van der Waals surface area contributed by atoms with Crippen molar-refractivity contribution in [2.75, 3.05) is 11.9 Å². The number of hydrogen-bond acceptors (Lipinski definition) is 7.